The van der Waals surface area contributed by atoms with E-state index in [4.69, 9.17) is 4.74 Å². The van der Waals surface area contributed by atoms with Crippen molar-refractivity contribution in [3.05, 3.63) is 59.7 Å². The Morgan fingerprint density at radius 2 is 1.61 bits per heavy atom. The number of hydrogen-bond acceptors (Lipinski definition) is 4. The summed E-state index contributed by atoms with van der Waals surface area (Å²) in [7, 11) is -2.02. The van der Waals surface area contributed by atoms with Crippen LogP contribution in [0.15, 0.2) is 53.4 Å². The van der Waals surface area contributed by atoms with Crippen LogP contribution in [0.4, 0.5) is 0 Å². The zero-order valence-electron chi connectivity index (χ0n) is 18.1. The monoisotopic (exact) mass is 442 g/mol. The van der Waals surface area contributed by atoms with E-state index in [0.29, 0.717) is 37.6 Å². The molecule has 0 bridgehead atoms. The van der Waals surface area contributed by atoms with Gasteiger partial charge in [0.15, 0.2) is 0 Å². The Balaban J connectivity index is 1.37. The highest BCUT2D eigenvalue weighted by Gasteiger charge is 2.36. The first-order chi connectivity index (χ1) is 14.9. The number of piperidine rings is 1. The van der Waals surface area contributed by atoms with E-state index in [1.165, 1.54) is 9.87 Å². The van der Waals surface area contributed by atoms with Crippen molar-refractivity contribution in [3.63, 3.8) is 0 Å². The minimum Gasteiger partial charge on any atom is -0.497 e. The molecule has 7 heteroatoms. The number of aryl methyl sites for hydroxylation is 1. The number of carbonyl (C=O) groups is 1. The smallest absolute Gasteiger partial charge is 0.243 e. The third-order valence-electron chi connectivity index (χ3n) is 6.35. The number of sulfonamides is 1. The van der Waals surface area contributed by atoms with Crippen molar-refractivity contribution in [1.82, 2.24) is 9.62 Å². The lowest BCUT2D eigenvalue weighted by atomic mass is 9.95. The topological polar surface area (TPSA) is 75.7 Å². The lowest BCUT2D eigenvalue weighted by Crippen LogP contribution is -2.43. The van der Waals surface area contributed by atoms with Crippen LogP contribution in [-0.2, 0) is 14.8 Å². The van der Waals surface area contributed by atoms with Crippen LogP contribution in [0.2, 0.25) is 0 Å². The van der Waals surface area contributed by atoms with E-state index >= 15 is 0 Å². The summed E-state index contributed by atoms with van der Waals surface area (Å²) in [5.74, 6) is 1.00. The number of carbonyl (C=O) groups excluding carboxylic acids is 1. The molecule has 2 aliphatic rings. The van der Waals surface area contributed by atoms with Gasteiger partial charge in [0.1, 0.15) is 5.75 Å². The average Bonchev–Trinajstić information content (AvgIpc) is 3.63. The highest BCUT2D eigenvalue weighted by Crippen LogP contribution is 2.41. The standard InChI is InChI=1S/C24H30N2O4S/c1-17-3-5-18(6-4-17)23(19-7-8-19)25-24(27)20-13-15-26(16-14-20)31(28,29)22-11-9-21(30-2)10-12-22/h3-6,9-12,19-20,23H,7-8,13-16H2,1-2H3,(H,25,27). The van der Waals surface area contributed by atoms with Crippen LogP contribution in [0.1, 0.15) is 42.9 Å². The molecule has 1 N–H and O–H groups in total. The SMILES string of the molecule is COc1ccc(S(=O)(=O)N2CCC(C(=O)NC(c3ccc(C)cc3)C3CC3)CC2)cc1. The molecule has 1 unspecified atom stereocenters. The Kier molecular flexibility index (Phi) is 6.34. The fraction of sp³-hybridized carbons (Fsp3) is 0.458. The van der Waals surface area contributed by atoms with Crippen LogP contribution in [0, 0.1) is 18.8 Å². The Morgan fingerprint density at radius 3 is 2.16 bits per heavy atom. The minimum absolute atomic E-state index is 0.0407. The molecule has 1 saturated carbocycles. The van der Waals surface area contributed by atoms with Gasteiger partial charge in [0.2, 0.25) is 15.9 Å². The van der Waals surface area contributed by atoms with Crippen LogP contribution in [0.25, 0.3) is 0 Å². The van der Waals surface area contributed by atoms with E-state index in [0.717, 1.165) is 18.4 Å². The largest absolute Gasteiger partial charge is 0.497 e. The second-order valence-corrected chi connectivity index (χ2v) is 10.5. The molecule has 31 heavy (non-hydrogen) atoms. The summed E-state index contributed by atoms with van der Waals surface area (Å²) in [5, 5.41) is 3.26. The van der Waals surface area contributed by atoms with Gasteiger partial charge in [-0.15, -0.1) is 0 Å². The molecule has 6 nitrogen and oxygen atoms in total. The highest BCUT2D eigenvalue weighted by atomic mass is 32.2. The fourth-order valence-corrected chi connectivity index (χ4v) is 5.67. The van der Waals surface area contributed by atoms with E-state index in [1.807, 2.05) is 0 Å². The summed E-state index contributed by atoms with van der Waals surface area (Å²) in [6, 6.07) is 14.8. The summed E-state index contributed by atoms with van der Waals surface area (Å²) in [6.45, 7) is 2.76. The third-order valence-corrected chi connectivity index (χ3v) is 8.26. The van der Waals surface area contributed by atoms with Crippen LogP contribution in [0.3, 0.4) is 0 Å². The van der Waals surface area contributed by atoms with Crippen molar-refractivity contribution in [2.45, 2.75) is 43.5 Å². The second-order valence-electron chi connectivity index (χ2n) is 8.59. The maximum absolute atomic E-state index is 13.0. The molecule has 0 spiro atoms. The maximum Gasteiger partial charge on any atom is 0.243 e. The van der Waals surface area contributed by atoms with Gasteiger partial charge in [-0.25, -0.2) is 8.42 Å². The molecule has 1 heterocycles. The van der Waals surface area contributed by atoms with Crippen LogP contribution >= 0.6 is 0 Å². The molecular weight excluding hydrogens is 412 g/mol. The van der Waals surface area contributed by atoms with Crippen LogP contribution in [-0.4, -0.2) is 38.8 Å². The molecule has 166 valence electrons. The highest BCUT2D eigenvalue weighted by molar-refractivity contribution is 7.89. The number of hydrogen-bond donors (Lipinski definition) is 1. The van der Waals surface area contributed by atoms with Gasteiger partial charge in [0, 0.05) is 19.0 Å². The van der Waals surface area contributed by atoms with Crippen molar-refractivity contribution in [2.24, 2.45) is 11.8 Å². The molecular formula is C24H30N2O4S. The third kappa shape index (κ3) is 4.93. The van der Waals surface area contributed by atoms with Crippen molar-refractivity contribution in [1.29, 1.82) is 0 Å². The Bertz CT molecular complexity index is 1010. The summed E-state index contributed by atoms with van der Waals surface area (Å²) < 4.78 is 32.5. The molecule has 1 amide bonds. The number of rotatable bonds is 7. The van der Waals surface area contributed by atoms with Crippen molar-refractivity contribution in [2.75, 3.05) is 20.2 Å². The van der Waals surface area contributed by atoms with Gasteiger partial charge >= 0.3 is 0 Å². The predicted octanol–water partition coefficient (Wildman–Crippen LogP) is 3.67. The molecule has 2 aromatic carbocycles. The van der Waals surface area contributed by atoms with E-state index in [-0.39, 0.29) is 22.8 Å². The van der Waals surface area contributed by atoms with Crippen LogP contribution < -0.4 is 10.1 Å². The van der Waals surface area contributed by atoms with E-state index in [1.54, 1.807) is 31.4 Å². The Morgan fingerprint density at radius 1 is 1.00 bits per heavy atom. The maximum atomic E-state index is 13.0. The lowest BCUT2D eigenvalue weighted by molar-refractivity contribution is -0.127. The van der Waals surface area contributed by atoms with Crippen molar-refractivity contribution in [3.8, 4) is 5.75 Å². The van der Waals surface area contributed by atoms with Gasteiger partial charge in [0.25, 0.3) is 0 Å². The summed E-state index contributed by atoms with van der Waals surface area (Å²) in [6.07, 6.45) is 3.34. The first-order valence-corrected chi connectivity index (χ1v) is 12.3. The normalized spacial score (nSPS) is 19.0. The minimum atomic E-state index is -3.56. The number of nitrogens with one attached hydrogen (secondary N) is 1. The molecule has 4 rings (SSSR count). The van der Waals surface area contributed by atoms with Gasteiger partial charge in [-0.05, 0) is 68.4 Å². The first kappa shape index (κ1) is 21.8. The van der Waals surface area contributed by atoms with Gasteiger partial charge in [-0.2, -0.15) is 4.31 Å². The number of methoxy groups -OCH3 is 1. The van der Waals surface area contributed by atoms with E-state index < -0.39 is 10.0 Å². The molecule has 2 aromatic rings. The van der Waals surface area contributed by atoms with E-state index in [2.05, 4.69) is 36.5 Å². The molecule has 0 radical (unpaired) electrons. The van der Waals surface area contributed by atoms with Gasteiger partial charge in [-0.1, -0.05) is 29.8 Å². The number of ether oxygens (including phenoxy) is 1. The van der Waals surface area contributed by atoms with Crippen molar-refractivity contribution < 1.29 is 17.9 Å². The number of benzene rings is 2. The summed E-state index contributed by atoms with van der Waals surface area (Å²) >= 11 is 0. The average molecular weight is 443 g/mol. The molecule has 0 aromatic heterocycles. The van der Waals surface area contributed by atoms with Gasteiger partial charge < -0.3 is 10.1 Å². The van der Waals surface area contributed by atoms with Gasteiger partial charge in [0.05, 0.1) is 18.0 Å². The quantitative estimate of drug-likeness (QED) is 0.710. The zero-order chi connectivity index (χ0) is 22.0. The molecule has 2 fully saturated rings. The zero-order valence-corrected chi connectivity index (χ0v) is 18.9. The number of amides is 1. The Labute approximate surface area is 184 Å². The van der Waals surface area contributed by atoms with Crippen LogP contribution in [0.5, 0.6) is 5.75 Å². The van der Waals surface area contributed by atoms with Crippen molar-refractivity contribution >= 4 is 15.9 Å². The fourth-order valence-electron chi connectivity index (χ4n) is 4.20. The Hall–Kier alpha value is -2.38. The van der Waals surface area contributed by atoms with Gasteiger partial charge in [-0.3, -0.25) is 4.79 Å². The van der Waals surface area contributed by atoms with E-state index in [9.17, 15) is 13.2 Å². The number of nitrogens with zero attached hydrogens (tertiary/aromatic N) is 1. The lowest BCUT2D eigenvalue weighted by Gasteiger charge is -2.31. The molecule has 1 aliphatic heterocycles. The summed E-state index contributed by atoms with van der Waals surface area (Å²) in [4.78, 5) is 13.2. The molecule has 1 atom stereocenters. The molecule has 1 saturated heterocycles. The predicted molar refractivity (Wildman–Crippen MR) is 119 cm³/mol. The summed E-state index contributed by atoms with van der Waals surface area (Å²) in [5.41, 5.74) is 2.36. The molecule has 1 aliphatic carbocycles. The first-order valence-electron chi connectivity index (χ1n) is 10.9. The second kappa shape index (κ2) is 9.01.